The van der Waals surface area contributed by atoms with Crippen molar-refractivity contribution >= 4 is 6.03 Å². The zero-order valence-electron chi connectivity index (χ0n) is 16.0. The van der Waals surface area contributed by atoms with Gasteiger partial charge in [-0.2, -0.15) is 0 Å². The largest absolute Gasteiger partial charge is 0.573 e. The molecule has 8 heteroatoms. The Morgan fingerprint density at radius 1 is 1.14 bits per heavy atom. The maximum atomic E-state index is 12.4. The third kappa shape index (κ3) is 6.30. The van der Waals surface area contributed by atoms with Crippen molar-refractivity contribution in [3.05, 3.63) is 59.7 Å². The van der Waals surface area contributed by atoms with Crippen LogP contribution < -0.4 is 14.8 Å². The molecule has 2 amide bonds. The van der Waals surface area contributed by atoms with Crippen molar-refractivity contribution in [3.63, 3.8) is 0 Å². The highest BCUT2D eigenvalue weighted by Gasteiger charge is 2.31. The number of nitrogens with zero attached hydrogens (tertiary/aromatic N) is 1. The molecule has 0 spiro atoms. The highest BCUT2D eigenvalue weighted by Crippen LogP contribution is 2.24. The van der Waals surface area contributed by atoms with Gasteiger partial charge < -0.3 is 19.7 Å². The number of urea groups is 1. The number of rotatable bonds is 6. The third-order valence-corrected chi connectivity index (χ3v) is 4.83. The topological polar surface area (TPSA) is 50.8 Å². The van der Waals surface area contributed by atoms with Gasteiger partial charge in [-0.25, -0.2) is 4.79 Å². The van der Waals surface area contributed by atoms with Gasteiger partial charge in [0.15, 0.2) is 0 Å². The second kappa shape index (κ2) is 9.07. The summed E-state index contributed by atoms with van der Waals surface area (Å²) in [5.74, 6) is 0.883. The van der Waals surface area contributed by atoms with Gasteiger partial charge in [0.1, 0.15) is 11.5 Å². The summed E-state index contributed by atoms with van der Waals surface area (Å²) in [6.07, 6.45) is -2.95. The van der Waals surface area contributed by atoms with Crippen LogP contribution >= 0.6 is 0 Å². The van der Waals surface area contributed by atoms with Crippen LogP contribution in [0.1, 0.15) is 17.5 Å². The first-order valence-corrected chi connectivity index (χ1v) is 9.33. The minimum atomic E-state index is -4.74. The van der Waals surface area contributed by atoms with Gasteiger partial charge in [0, 0.05) is 19.6 Å². The van der Waals surface area contributed by atoms with Gasteiger partial charge in [-0.1, -0.05) is 24.3 Å². The molecule has 1 saturated heterocycles. The molecular weight excluding hydrogens is 385 g/mol. The molecule has 0 aromatic heterocycles. The van der Waals surface area contributed by atoms with E-state index in [-0.39, 0.29) is 18.3 Å². The Kier molecular flexibility index (Phi) is 6.51. The van der Waals surface area contributed by atoms with Gasteiger partial charge in [0.05, 0.1) is 7.11 Å². The molecule has 156 valence electrons. The normalized spacial score (nSPS) is 16.6. The lowest BCUT2D eigenvalue weighted by Crippen LogP contribution is -2.38. The fraction of sp³-hybridized carbons (Fsp3) is 0.381. The molecule has 2 aromatic carbocycles. The molecule has 1 aliphatic heterocycles. The van der Waals surface area contributed by atoms with Crippen LogP contribution in [0.15, 0.2) is 48.5 Å². The maximum absolute atomic E-state index is 12.4. The highest BCUT2D eigenvalue weighted by atomic mass is 19.4. The average molecular weight is 408 g/mol. The molecule has 3 rings (SSSR count). The fourth-order valence-electron chi connectivity index (χ4n) is 3.42. The molecule has 1 heterocycles. The van der Waals surface area contributed by atoms with E-state index in [2.05, 4.69) is 10.1 Å². The van der Waals surface area contributed by atoms with Crippen molar-refractivity contribution in [3.8, 4) is 11.5 Å². The summed E-state index contributed by atoms with van der Waals surface area (Å²) in [6.45, 7) is 1.44. The van der Waals surface area contributed by atoms with Crippen LogP contribution in [0.4, 0.5) is 18.0 Å². The van der Waals surface area contributed by atoms with Crippen LogP contribution in [0.3, 0.4) is 0 Å². The highest BCUT2D eigenvalue weighted by molar-refractivity contribution is 5.74. The molecule has 29 heavy (non-hydrogen) atoms. The Bertz CT molecular complexity index is 825. The minimum absolute atomic E-state index is 0.132. The summed E-state index contributed by atoms with van der Waals surface area (Å²) >= 11 is 0. The average Bonchev–Trinajstić information content (AvgIpc) is 3.14. The number of amides is 2. The van der Waals surface area contributed by atoms with E-state index < -0.39 is 6.36 Å². The number of benzene rings is 2. The number of likely N-dealkylation sites (tertiary alicyclic amines) is 1. The number of hydrogen-bond donors (Lipinski definition) is 1. The van der Waals surface area contributed by atoms with Gasteiger partial charge in [-0.05, 0) is 54.2 Å². The van der Waals surface area contributed by atoms with E-state index in [4.69, 9.17) is 4.74 Å². The molecule has 2 aromatic rings. The van der Waals surface area contributed by atoms with Crippen LogP contribution in [0.5, 0.6) is 11.5 Å². The molecule has 0 radical (unpaired) electrons. The van der Waals surface area contributed by atoms with E-state index >= 15 is 0 Å². The fourth-order valence-corrected chi connectivity index (χ4v) is 3.42. The van der Waals surface area contributed by atoms with Crippen molar-refractivity contribution < 1.29 is 27.4 Å². The predicted octanol–water partition coefficient (Wildman–Crippen LogP) is 4.37. The lowest BCUT2D eigenvalue weighted by atomic mass is 9.99. The monoisotopic (exact) mass is 408 g/mol. The van der Waals surface area contributed by atoms with Crippen LogP contribution in [0, 0.1) is 5.92 Å². The Morgan fingerprint density at radius 2 is 1.90 bits per heavy atom. The molecule has 0 saturated carbocycles. The number of alkyl halides is 3. The molecule has 1 N–H and O–H groups in total. The Balaban J connectivity index is 1.47. The molecule has 1 aliphatic rings. The first-order valence-electron chi connectivity index (χ1n) is 9.33. The number of carbonyl (C=O) groups excluding carboxylic acids is 1. The van der Waals surface area contributed by atoms with Gasteiger partial charge in [-0.15, -0.1) is 13.2 Å². The number of nitrogens with one attached hydrogen (secondary N) is 1. The molecule has 0 aliphatic carbocycles. The Labute approximate surface area is 167 Å². The van der Waals surface area contributed by atoms with E-state index in [9.17, 15) is 18.0 Å². The molecule has 1 unspecified atom stereocenters. The molecule has 0 bridgehead atoms. The summed E-state index contributed by atoms with van der Waals surface area (Å²) in [5, 5.41) is 2.76. The van der Waals surface area contributed by atoms with E-state index in [0.717, 1.165) is 18.6 Å². The quantitative estimate of drug-likeness (QED) is 0.772. The number of carbonyl (C=O) groups is 1. The molecular formula is C21H23F3N2O3. The summed E-state index contributed by atoms with van der Waals surface area (Å²) < 4.78 is 46.0. The summed E-state index contributed by atoms with van der Waals surface area (Å²) in [4.78, 5) is 14.1. The summed E-state index contributed by atoms with van der Waals surface area (Å²) in [6, 6.07) is 13.3. The van der Waals surface area contributed by atoms with Gasteiger partial charge >= 0.3 is 12.4 Å². The van der Waals surface area contributed by atoms with Gasteiger partial charge in [0.25, 0.3) is 0 Å². The second-order valence-corrected chi connectivity index (χ2v) is 7.01. The summed E-state index contributed by atoms with van der Waals surface area (Å²) in [5.41, 5.74) is 1.73. The number of halogens is 3. The van der Waals surface area contributed by atoms with E-state index in [1.807, 2.05) is 24.3 Å². The van der Waals surface area contributed by atoms with Crippen LogP contribution in [0.2, 0.25) is 0 Å². The van der Waals surface area contributed by atoms with Crippen molar-refractivity contribution in [1.29, 1.82) is 0 Å². The third-order valence-electron chi connectivity index (χ3n) is 4.83. The number of ether oxygens (including phenoxy) is 2. The van der Waals surface area contributed by atoms with Crippen LogP contribution in [0.25, 0.3) is 0 Å². The van der Waals surface area contributed by atoms with Crippen molar-refractivity contribution in [2.45, 2.75) is 25.7 Å². The SMILES string of the molecule is COc1ccc(CC2CCN(C(=O)NCc3cccc(OC(F)(F)F)c3)C2)cc1. The molecule has 1 fully saturated rings. The molecule has 1 atom stereocenters. The smallest absolute Gasteiger partial charge is 0.497 e. The minimum Gasteiger partial charge on any atom is -0.497 e. The second-order valence-electron chi connectivity index (χ2n) is 7.01. The zero-order chi connectivity index (χ0) is 20.9. The van der Waals surface area contributed by atoms with E-state index in [1.165, 1.54) is 23.8 Å². The van der Waals surface area contributed by atoms with Crippen molar-refractivity contribution in [2.75, 3.05) is 20.2 Å². The standard InChI is InChI=1S/C21H23F3N2O3/c1-28-18-7-5-15(6-8-18)11-17-9-10-26(14-17)20(27)25-13-16-3-2-4-19(12-16)29-21(22,23)24/h2-8,12,17H,9-11,13-14H2,1H3,(H,25,27). The van der Waals surface area contributed by atoms with Crippen LogP contribution in [-0.4, -0.2) is 37.5 Å². The zero-order valence-corrected chi connectivity index (χ0v) is 16.0. The maximum Gasteiger partial charge on any atom is 0.573 e. The Morgan fingerprint density at radius 3 is 2.59 bits per heavy atom. The number of methoxy groups -OCH3 is 1. The van der Waals surface area contributed by atoms with E-state index in [1.54, 1.807) is 18.1 Å². The lowest BCUT2D eigenvalue weighted by molar-refractivity contribution is -0.274. The van der Waals surface area contributed by atoms with E-state index in [0.29, 0.717) is 24.6 Å². The number of hydrogen-bond acceptors (Lipinski definition) is 3. The predicted molar refractivity (Wildman–Crippen MR) is 102 cm³/mol. The van der Waals surface area contributed by atoms with Crippen molar-refractivity contribution in [2.24, 2.45) is 5.92 Å². The first-order chi connectivity index (χ1) is 13.8. The first kappa shape index (κ1) is 20.8. The van der Waals surface area contributed by atoms with Gasteiger partial charge in [-0.3, -0.25) is 0 Å². The van der Waals surface area contributed by atoms with Gasteiger partial charge in [0.2, 0.25) is 0 Å². The Hall–Kier alpha value is -2.90. The van der Waals surface area contributed by atoms with Crippen LogP contribution in [-0.2, 0) is 13.0 Å². The lowest BCUT2D eigenvalue weighted by Gasteiger charge is -2.18. The molecule has 5 nitrogen and oxygen atoms in total. The van der Waals surface area contributed by atoms with Crippen molar-refractivity contribution in [1.82, 2.24) is 10.2 Å². The summed E-state index contributed by atoms with van der Waals surface area (Å²) in [7, 11) is 1.63.